The number of carbonyl (C=O) groups is 1. The van der Waals surface area contributed by atoms with Crippen LogP contribution in [0.4, 0.5) is 4.39 Å². The Labute approximate surface area is 173 Å². The van der Waals surface area contributed by atoms with Crippen LogP contribution in [0.3, 0.4) is 0 Å². The molecule has 2 aromatic rings. The summed E-state index contributed by atoms with van der Waals surface area (Å²) >= 11 is 3.32. The lowest BCUT2D eigenvalue weighted by Crippen LogP contribution is -2.34. The van der Waals surface area contributed by atoms with Gasteiger partial charge in [0.15, 0.2) is 0 Å². The standard InChI is InChI=1S/C22H24BrFN2O2/c1-28-20-7-3-17(4-8-20)16-25-11-2-12-26(14-13-25)22(27)10-5-18-15-19(23)6-9-21(18)24/h3-10,15H,2,11-14,16H2,1H3/b10-5+. The molecule has 0 unspecified atom stereocenters. The van der Waals surface area contributed by atoms with E-state index < -0.39 is 0 Å². The van der Waals surface area contributed by atoms with E-state index in [1.165, 1.54) is 17.7 Å². The Morgan fingerprint density at radius 2 is 1.93 bits per heavy atom. The third-order valence-electron chi connectivity index (χ3n) is 4.83. The predicted molar refractivity (Wildman–Crippen MR) is 113 cm³/mol. The van der Waals surface area contributed by atoms with Gasteiger partial charge in [0.05, 0.1) is 7.11 Å². The Bertz CT molecular complexity index is 839. The lowest BCUT2D eigenvalue weighted by molar-refractivity contribution is -0.125. The van der Waals surface area contributed by atoms with E-state index in [-0.39, 0.29) is 11.7 Å². The van der Waals surface area contributed by atoms with Crippen LogP contribution in [0, 0.1) is 5.82 Å². The van der Waals surface area contributed by atoms with Crippen molar-refractivity contribution in [2.45, 2.75) is 13.0 Å². The molecule has 1 aliphatic rings. The van der Waals surface area contributed by atoms with Gasteiger partial charge in [0.2, 0.25) is 5.91 Å². The van der Waals surface area contributed by atoms with E-state index in [1.807, 2.05) is 17.0 Å². The second kappa shape index (κ2) is 9.85. The Balaban J connectivity index is 1.55. The molecular formula is C22H24BrFN2O2. The fraction of sp³-hybridized carbons (Fsp3) is 0.318. The molecule has 0 aliphatic carbocycles. The Hall–Kier alpha value is -2.18. The topological polar surface area (TPSA) is 32.8 Å². The summed E-state index contributed by atoms with van der Waals surface area (Å²) in [5.74, 6) is 0.435. The van der Waals surface area contributed by atoms with Crippen LogP contribution in [0.5, 0.6) is 5.75 Å². The van der Waals surface area contributed by atoms with Crippen LogP contribution < -0.4 is 4.74 Å². The van der Waals surface area contributed by atoms with E-state index in [0.717, 1.165) is 36.3 Å². The van der Waals surface area contributed by atoms with E-state index in [0.29, 0.717) is 18.7 Å². The van der Waals surface area contributed by atoms with Crippen molar-refractivity contribution in [3.8, 4) is 5.75 Å². The van der Waals surface area contributed by atoms with Gasteiger partial charge in [-0.3, -0.25) is 9.69 Å². The van der Waals surface area contributed by atoms with Crippen molar-refractivity contribution in [3.63, 3.8) is 0 Å². The van der Waals surface area contributed by atoms with Gasteiger partial charge in [0.25, 0.3) is 0 Å². The molecule has 0 spiro atoms. The molecule has 0 bridgehead atoms. The molecule has 1 aliphatic heterocycles. The number of carbonyl (C=O) groups excluding carboxylic acids is 1. The van der Waals surface area contributed by atoms with Gasteiger partial charge in [-0.15, -0.1) is 0 Å². The first-order valence-corrected chi connectivity index (χ1v) is 10.1. The Morgan fingerprint density at radius 1 is 1.14 bits per heavy atom. The number of benzene rings is 2. The highest BCUT2D eigenvalue weighted by molar-refractivity contribution is 9.10. The summed E-state index contributed by atoms with van der Waals surface area (Å²) in [6.45, 7) is 3.99. The van der Waals surface area contributed by atoms with Crippen LogP contribution >= 0.6 is 15.9 Å². The Kier molecular flexibility index (Phi) is 7.23. The van der Waals surface area contributed by atoms with E-state index in [9.17, 15) is 9.18 Å². The van der Waals surface area contributed by atoms with Crippen molar-refractivity contribution in [1.82, 2.24) is 9.80 Å². The minimum atomic E-state index is -0.339. The summed E-state index contributed by atoms with van der Waals surface area (Å²) in [7, 11) is 1.66. The number of hydrogen-bond donors (Lipinski definition) is 0. The maximum absolute atomic E-state index is 13.8. The summed E-state index contributed by atoms with van der Waals surface area (Å²) in [6, 6.07) is 12.8. The smallest absolute Gasteiger partial charge is 0.246 e. The zero-order valence-electron chi connectivity index (χ0n) is 15.9. The molecule has 0 radical (unpaired) electrons. The van der Waals surface area contributed by atoms with Crippen LogP contribution in [-0.2, 0) is 11.3 Å². The number of rotatable bonds is 5. The molecule has 0 aromatic heterocycles. The van der Waals surface area contributed by atoms with E-state index in [1.54, 1.807) is 25.3 Å². The van der Waals surface area contributed by atoms with E-state index in [4.69, 9.17) is 4.74 Å². The Morgan fingerprint density at radius 3 is 2.68 bits per heavy atom. The highest BCUT2D eigenvalue weighted by Crippen LogP contribution is 2.17. The molecule has 0 N–H and O–H groups in total. The number of nitrogens with zero attached hydrogens (tertiary/aromatic N) is 2. The van der Waals surface area contributed by atoms with Crippen molar-refractivity contribution in [1.29, 1.82) is 0 Å². The maximum Gasteiger partial charge on any atom is 0.246 e. The van der Waals surface area contributed by atoms with Gasteiger partial charge in [0, 0.05) is 48.8 Å². The molecule has 1 fully saturated rings. The highest BCUT2D eigenvalue weighted by Gasteiger charge is 2.17. The van der Waals surface area contributed by atoms with Gasteiger partial charge in [-0.05, 0) is 48.4 Å². The highest BCUT2D eigenvalue weighted by atomic mass is 79.9. The first-order chi connectivity index (χ1) is 13.5. The summed E-state index contributed by atoms with van der Waals surface area (Å²) in [6.07, 6.45) is 3.92. The van der Waals surface area contributed by atoms with Crippen molar-refractivity contribution in [2.75, 3.05) is 33.3 Å². The van der Waals surface area contributed by atoms with E-state index in [2.05, 4.69) is 33.0 Å². The lowest BCUT2D eigenvalue weighted by Gasteiger charge is -2.21. The third kappa shape index (κ3) is 5.66. The van der Waals surface area contributed by atoms with Crippen molar-refractivity contribution in [2.24, 2.45) is 0 Å². The third-order valence-corrected chi connectivity index (χ3v) is 5.32. The van der Waals surface area contributed by atoms with Crippen molar-refractivity contribution < 1.29 is 13.9 Å². The van der Waals surface area contributed by atoms with Gasteiger partial charge in [-0.25, -0.2) is 4.39 Å². The second-order valence-electron chi connectivity index (χ2n) is 6.80. The summed E-state index contributed by atoms with van der Waals surface area (Å²) < 4.78 is 19.8. The molecule has 2 aromatic carbocycles. The molecule has 0 saturated carbocycles. The number of hydrogen-bond acceptors (Lipinski definition) is 3. The average molecular weight is 447 g/mol. The molecule has 4 nitrogen and oxygen atoms in total. The fourth-order valence-corrected chi connectivity index (χ4v) is 3.63. The van der Waals surface area contributed by atoms with Crippen LogP contribution in [0.1, 0.15) is 17.5 Å². The quantitative estimate of drug-likeness (QED) is 0.640. The molecule has 1 heterocycles. The van der Waals surface area contributed by atoms with Crippen molar-refractivity contribution >= 4 is 27.9 Å². The molecule has 3 rings (SSSR count). The summed E-state index contributed by atoms with van der Waals surface area (Å²) in [5.41, 5.74) is 1.63. The molecule has 1 saturated heterocycles. The van der Waals surface area contributed by atoms with Crippen LogP contribution in [-0.4, -0.2) is 49.0 Å². The summed E-state index contributed by atoms with van der Waals surface area (Å²) in [5, 5.41) is 0. The van der Waals surface area contributed by atoms with E-state index >= 15 is 0 Å². The first kappa shape index (κ1) is 20.6. The van der Waals surface area contributed by atoms with Gasteiger partial charge in [0.1, 0.15) is 11.6 Å². The van der Waals surface area contributed by atoms with Crippen LogP contribution in [0.25, 0.3) is 6.08 Å². The number of amides is 1. The fourth-order valence-electron chi connectivity index (χ4n) is 3.25. The summed E-state index contributed by atoms with van der Waals surface area (Å²) in [4.78, 5) is 16.7. The zero-order valence-corrected chi connectivity index (χ0v) is 17.5. The SMILES string of the molecule is COc1ccc(CN2CCCN(C(=O)/C=C/c3cc(Br)ccc3F)CC2)cc1. The number of methoxy groups -OCH3 is 1. The first-order valence-electron chi connectivity index (χ1n) is 9.32. The van der Waals surface area contributed by atoms with Gasteiger partial charge in [-0.1, -0.05) is 28.1 Å². The molecule has 28 heavy (non-hydrogen) atoms. The van der Waals surface area contributed by atoms with Crippen LogP contribution in [0.2, 0.25) is 0 Å². The van der Waals surface area contributed by atoms with Gasteiger partial charge >= 0.3 is 0 Å². The maximum atomic E-state index is 13.8. The minimum absolute atomic E-state index is 0.0781. The minimum Gasteiger partial charge on any atom is -0.497 e. The molecular weight excluding hydrogens is 423 g/mol. The van der Waals surface area contributed by atoms with Crippen LogP contribution in [0.15, 0.2) is 53.0 Å². The largest absolute Gasteiger partial charge is 0.497 e. The normalized spacial score (nSPS) is 15.6. The molecule has 1 amide bonds. The number of halogens is 2. The zero-order chi connectivity index (χ0) is 19.9. The van der Waals surface area contributed by atoms with Gasteiger partial charge < -0.3 is 9.64 Å². The van der Waals surface area contributed by atoms with Gasteiger partial charge in [-0.2, -0.15) is 0 Å². The molecule has 0 atom stereocenters. The predicted octanol–water partition coefficient (Wildman–Crippen LogP) is 4.34. The van der Waals surface area contributed by atoms with Crippen molar-refractivity contribution in [3.05, 3.63) is 70.0 Å². The average Bonchev–Trinajstić information content (AvgIpc) is 2.94. The monoisotopic (exact) mass is 446 g/mol. The molecule has 6 heteroatoms. The number of ether oxygens (including phenoxy) is 1. The lowest BCUT2D eigenvalue weighted by atomic mass is 10.2. The molecule has 148 valence electrons. The second-order valence-corrected chi connectivity index (χ2v) is 7.72.